The van der Waals surface area contributed by atoms with Crippen molar-refractivity contribution < 1.29 is 24.5 Å². The maximum absolute atomic E-state index is 13.4. The molecule has 0 radical (unpaired) electrons. The highest BCUT2D eigenvalue weighted by molar-refractivity contribution is 5.95. The van der Waals surface area contributed by atoms with Crippen LogP contribution in [-0.4, -0.2) is 44.3 Å². The SMILES string of the molecule is O=C(O)CCCCCOc1ccccc1CN(C(=O)c1ccc(-c2cccnc2)cc1)C1(O)CC1. The van der Waals surface area contributed by atoms with Gasteiger partial charge in [-0.15, -0.1) is 0 Å². The third kappa shape index (κ3) is 6.45. The molecule has 1 saturated carbocycles. The van der Waals surface area contributed by atoms with Crippen molar-refractivity contribution in [3.05, 3.63) is 84.2 Å². The molecule has 1 aliphatic rings. The van der Waals surface area contributed by atoms with E-state index in [9.17, 15) is 14.7 Å². The van der Waals surface area contributed by atoms with E-state index >= 15 is 0 Å². The number of aliphatic carboxylic acids is 1. The van der Waals surface area contributed by atoms with Gasteiger partial charge in [-0.05, 0) is 67.5 Å². The van der Waals surface area contributed by atoms with Gasteiger partial charge in [-0.3, -0.25) is 14.6 Å². The van der Waals surface area contributed by atoms with Crippen molar-refractivity contribution in [2.45, 2.75) is 50.8 Å². The number of aromatic nitrogens is 1. The van der Waals surface area contributed by atoms with Gasteiger partial charge in [0.25, 0.3) is 5.91 Å². The molecule has 7 nitrogen and oxygen atoms in total. The molecular weight excluding hydrogens is 444 g/mol. The second kappa shape index (κ2) is 11.1. The summed E-state index contributed by atoms with van der Waals surface area (Å²) in [5.41, 5.74) is 2.11. The molecule has 182 valence electrons. The van der Waals surface area contributed by atoms with Gasteiger partial charge in [0, 0.05) is 29.9 Å². The fourth-order valence-electron chi connectivity index (χ4n) is 3.97. The fraction of sp³-hybridized carbons (Fsp3) is 0.321. The molecular formula is C28H30N2O5. The second-order valence-corrected chi connectivity index (χ2v) is 8.85. The molecule has 4 rings (SSSR count). The van der Waals surface area contributed by atoms with Crippen LogP contribution in [-0.2, 0) is 11.3 Å². The highest BCUT2D eigenvalue weighted by Gasteiger charge is 2.49. The topological polar surface area (TPSA) is 100.0 Å². The number of pyridine rings is 1. The summed E-state index contributed by atoms with van der Waals surface area (Å²) >= 11 is 0. The Morgan fingerprint density at radius 3 is 2.40 bits per heavy atom. The van der Waals surface area contributed by atoms with Gasteiger partial charge in [-0.1, -0.05) is 36.4 Å². The Morgan fingerprint density at radius 1 is 0.943 bits per heavy atom. The molecule has 1 amide bonds. The molecule has 3 aromatic rings. The quantitative estimate of drug-likeness (QED) is 0.286. The first kappa shape index (κ1) is 24.4. The number of carbonyl (C=O) groups excluding carboxylic acids is 1. The van der Waals surface area contributed by atoms with Crippen LogP contribution >= 0.6 is 0 Å². The molecule has 2 aromatic carbocycles. The number of aliphatic hydroxyl groups is 1. The monoisotopic (exact) mass is 474 g/mol. The van der Waals surface area contributed by atoms with Crippen LogP contribution in [0.5, 0.6) is 5.75 Å². The molecule has 2 N–H and O–H groups in total. The Bertz CT molecular complexity index is 1140. The molecule has 0 unspecified atom stereocenters. The molecule has 1 fully saturated rings. The number of unbranched alkanes of at least 4 members (excludes halogenated alkanes) is 2. The number of benzene rings is 2. The van der Waals surface area contributed by atoms with Crippen molar-refractivity contribution in [3.63, 3.8) is 0 Å². The van der Waals surface area contributed by atoms with E-state index in [0.717, 1.165) is 29.5 Å². The molecule has 1 heterocycles. The number of ether oxygens (including phenoxy) is 1. The Hall–Kier alpha value is -3.71. The number of hydrogen-bond acceptors (Lipinski definition) is 5. The van der Waals surface area contributed by atoms with Crippen LogP contribution in [0.3, 0.4) is 0 Å². The van der Waals surface area contributed by atoms with Crippen molar-refractivity contribution in [1.82, 2.24) is 9.88 Å². The Labute approximate surface area is 205 Å². The summed E-state index contributed by atoms with van der Waals surface area (Å²) in [7, 11) is 0. The highest BCUT2D eigenvalue weighted by atomic mass is 16.5. The van der Waals surface area contributed by atoms with Crippen LogP contribution in [0.25, 0.3) is 11.1 Å². The number of carboxylic acid groups (broad SMARTS) is 1. The van der Waals surface area contributed by atoms with E-state index in [2.05, 4.69) is 4.98 Å². The molecule has 0 aliphatic heterocycles. The first-order chi connectivity index (χ1) is 17.0. The standard InChI is InChI=1S/C28H30N2O5/c31-26(32)10-2-1-5-18-35-25-9-4-3-7-24(25)20-30(28(34)15-16-28)27(33)22-13-11-21(12-14-22)23-8-6-17-29-19-23/h3-4,6-9,11-14,17,19,34H,1-2,5,10,15-16,18,20H2,(H,31,32). The largest absolute Gasteiger partial charge is 0.493 e. The van der Waals surface area contributed by atoms with Gasteiger partial charge < -0.3 is 19.8 Å². The predicted molar refractivity (Wildman–Crippen MR) is 132 cm³/mol. The van der Waals surface area contributed by atoms with Crippen molar-refractivity contribution in [2.24, 2.45) is 0 Å². The lowest BCUT2D eigenvalue weighted by Gasteiger charge is -2.29. The maximum Gasteiger partial charge on any atom is 0.303 e. The minimum Gasteiger partial charge on any atom is -0.493 e. The summed E-state index contributed by atoms with van der Waals surface area (Å²) in [6.07, 6.45) is 6.88. The van der Waals surface area contributed by atoms with Crippen molar-refractivity contribution in [3.8, 4) is 16.9 Å². The molecule has 0 atom stereocenters. The van der Waals surface area contributed by atoms with E-state index in [1.807, 2.05) is 48.5 Å². The van der Waals surface area contributed by atoms with E-state index in [0.29, 0.717) is 37.2 Å². The van der Waals surface area contributed by atoms with E-state index in [1.165, 1.54) is 4.90 Å². The van der Waals surface area contributed by atoms with Gasteiger partial charge in [-0.2, -0.15) is 0 Å². The Morgan fingerprint density at radius 2 is 1.71 bits per heavy atom. The Kier molecular flexibility index (Phi) is 7.77. The van der Waals surface area contributed by atoms with E-state index in [-0.39, 0.29) is 18.9 Å². The number of carbonyl (C=O) groups is 2. The maximum atomic E-state index is 13.4. The Balaban J connectivity index is 1.44. The van der Waals surface area contributed by atoms with E-state index in [4.69, 9.17) is 9.84 Å². The van der Waals surface area contributed by atoms with Gasteiger partial charge in [-0.25, -0.2) is 0 Å². The van der Waals surface area contributed by atoms with E-state index < -0.39 is 11.7 Å². The summed E-state index contributed by atoms with van der Waals surface area (Å²) in [4.78, 5) is 29.8. The molecule has 1 aromatic heterocycles. The fourth-order valence-corrected chi connectivity index (χ4v) is 3.97. The zero-order chi connectivity index (χ0) is 24.7. The molecule has 0 saturated heterocycles. The first-order valence-corrected chi connectivity index (χ1v) is 11.9. The smallest absolute Gasteiger partial charge is 0.303 e. The van der Waals surface area contributed by atoms with Crippen LogP contribution in [0.2, 0.25) is 0 Å². The number of para-hydroxylation sites is 1. The average molecular weight is 475 g/mol. The predicted octanol–water partition coefficient (Wildman–Crippen LogP) is 4.90. The van der Waals surface area contributed by atoms with Gasteiger partial charge in [0.1, 0.15) is 11.5 Å². The lowest BCUT2D eigenvalue weighted by atomic mass is 10.0. The molecule has 0 spiro atoms. The summed E-state index contributed by atoms with van der Waals surface area (Å²) in [6.45, 7) is 0.694. The number of amides is 1. The summed E-state index contributed by atoms with van der Waals surface area (Å²) in [6, 6.07) is 18.7. The van der Waals surface area contributed by atoms with Crippen LogP contribution in [0.1, 0.15) is 54.4 Å². The molecule has 7 heteroatoms. The van der Waals surface area contributed by atoms with Gasteiger partial charge >= 0.3 is 5.97 Å². The molecule has 0 bridgehead atoms. The average Bonchev–Trinajstić information content (AvgIpc) is 3.63. The summed E-state index contributed by atoms with van der Waals surface area (Å²) in [5.74, 6) is -0.350. The van der Waals surface area contributed by atoms with Crippen LogP contribution in [0.15, 0.2) is 73.1 Å². The van der Waals surface area contributed by atoms with Crippen molar-refractivity contribution >= 4 is 11.9 Å². The number of rotatable bonds is 12. The van der Waals surface area contributed by atoms with Gasteiger partial charge in [0.05, 0.1) is 13.2 Å². The summed E-state index contributed by atoms with van der Waals surface area (Å²) in [5, 5.41) is 19.7. The van der Waals surface area contributed by atoms with Crippen LogP contribution in [0, 0.1) is 0 Å². The third-order valence-electron chi connectivity index (χ3n) is 6.17. The highest BCUT2D eigenvalue weighted by Crippen LogP contribution is 2.41. The number of carboxylic acids is 1. The third-order valence-corrected chi connectivity index (χ3v) is 6.17. The summed E-state index contributed by atoms with van der Waals surface area (Å²) < 4.78 is 5.96. The van der Waals surface area contributed by atoms with Gasteiger partial charge in [0.2, 0.25) is 0 Å². The lowest BCUT2D eigenvalue weighted by Crippen LogP contribution is -2.41. The minimum atomic E-state index is -1.15. The minimum absolute atomic E-state index is 0.162. The van der Waals surface area contributed by atoms with Crippen LogP contribution in [0.4, 0.5) is 0 Å². The zero-order valence-electron chi connectivity index (χ0n) is 19.6. The molecule has 35 heavy (non-hydrogen) atoms. The second-order valence-electron chi connectivity index (χ2n) is 8.85. The van der Waals surface area contributed by atoms with E-state index in [1.54, 1.807) is 24.5 Å². The number of hydrogen-bond donors (Lipinski definition) is 2. The lowest BCUT2D eigenvalue weighted by molar-refractivity contribution is -0.137. The molecule has 1 aliphatic carbocycles. The van der Waals surface area contributed by atoms with Gasteiger partial charge in [0.15, 0.2) is 0 Å². The number of nitrogens with zero attached hydrogens (tertiary/aromatic N) is 2. The normalized spacial score (nSPS) is 13.7. The first-order valence-electron chi connectivity index (χ1n) is 11.9. The van der Waals surface area contributed by atoms with Crippen LogP contribution < -0.4 is 4.74 Å². The zero-order valence-corrected chi connectivity index (χ0v) is 19.6. The van der Waals surface area contributed by atoms with Crippen molar-refractivity contribution in [1.29, 1.82) is 0 Å². The van der Waals surface area contributed by atoms with Crippen molar-refractivity contribution in [2.75, 3.05) is 6.61 Å².